The molecule has 4 rings (SSSR count). The molecular weight excluding hydrogens is 320 g/mol. The van der Waals surface area contributed by atoms with Gasteiger partial charge in [0.1, 0.15) is 6.10 Å². The van der Waals surface area contributed by atoms with Crippen LogP contribution in [0.4, 0.5) is 0 Å². The molecule has 2 aromatic heterocycles. The number of hydrogen-bond donors (Lipinski definition) is 0. The number of amides is 1. The largest absolute Gasteiger partial charge is 0.470 e. The van der Waals surface area contributed by atoms with Gasteiger partial charge in [-0.2, -0.15) is 5.10 Å². The number of nitrogens with zero attached hydrogens (tertiary/aromatic N) is 4. The van der Waals surface area contributed by atoms with Crippen molar-refractivity contribution in [2.75, 3.05) is 19.8 Å². The summed E-state index contributed by atoms with van der Waals surface area (Å²) < 4.78 is 13.3. The summed E-state index contributed by atoms with van der Waals surface area (Å²) in [6, 6.07) is 7.54. The van der Waals surface area contributed by atoms with Crippen molar-refractivity contribution < 1.29 is 14.3 Å². The molecule has 1 saturated heterocycles. The summed E-state index contributed by atoms with van der Waals surface area (Å²) in [6.07, 6.45) is 4.88. The molecule has 2 aliphatic heterocycles. The van der Waals surface area contributed by atoms with Gasteiger partial charge in [-0.1, -0.05) is 6.07 Å². The van der Waals surface area contributed by atoms with Crippen LogP contribution >= 0.6 is 0 Å². The highest BCUT2D eigenvalue weighted by Gasteiger charge is 2.31. The van der Waals surface area contributed by atoms with Gasteiger partial charge in [0.25, 0.3) is 0 Å². The van der Waals surface area contributed by atoms with Crippen molar-refractivity contribution in [2.24, 2.45) is 5.92 Å². The lowest BCUT2D eigenvalue weighted by molar-refractivity contribution is -0.140. The van der Waals surface area contributed by atoms with E-state index in [4.69, 9.17) is 9.47 Å². The first kappa shape index (κ1) is 16.1. The van der Waals surface area contributed by atoms with Gasteiger partial charge in [-0.3, -0.25) is 9.48 Å². The summed E-state index contributed by atoms with van der Waals surface area (Å²) in [5, 5.41) is 4.37. The van der Waals surface area contributed by atoms with Gasteiger partial charge < -0.3 is 14.4 Å². The Bertz CT molecular complexity index is 712. The third-order valence-electron chi connectivity index (χ3n) is 4.77. The molecule has 1 amide bonds. The van der Waals surface area contributed by atoms with Crippen molar-refractivity contribution in [3.8, 4) is 5.88 Å². The standard InChI is InChI=1S/C18H22N4O3/c23-18(14-5-9-24-10-6-14)21-11-15-4-8-20-22(15)13-16(12-21)25-17-3-1-2-7-19-17/h1-4,7-8,14,16H,5-6,9-13H2. The highest BCUT2D eigenvalue weighted by Crippen LogP contribution is 2.22. The molecule has 1 atom stereocenters. The second-order valence-electron chi connectivity index (χ2n) is 6.52. The molecule has 0 N–H and O–H groups in total. The molecule has 7 heteroatoms. The lowest BCUT2D eigenvalue weighted by atomic mass is 9.98. The van der Waals surface area contributed by atoms with E-state index in [-0.39, 0.29) is 17.9 Å². The molecule has 0 saturated carbocycles. The summed E-state index contributed by atoms with van der Waals surface area (Å²) in [5.41, 5.74) is 1.03. The van der Waals surface area contributed by atoms with Crippen LogP contribution in [-0.2, 0) is 22.6 Å². The maximum atomic E-state index is 13.0. The van der Waals surface area contributed by atoms with Crippen molar-refractivity contribution in [3.63, 3.8) is 0 Å². The summed E-state index contributed by atoms with van der Waals surface area (Å²) >= 11 is 0. The van der Waals surface area contributed by atoms with Crippen LogP contribution in [0, 0.1) is 5.92 Å². The predicted octanol–water partition coefficient (Wildman–Crippen LogP) is 1.49. The summed E-state index contributed by atoms with van der Waals surface area (Å²) in [6.45, 7) is 3.04. The zero-order chi connectivity index (χ0) is 17.1. The minimum atomic E-state index is -0.181. The average molecular weight is 342 g/mol. The number of ether oxygens (including phenoxy) is 2. The summed E-state index contributed by atoms with van der Waals surface area (Å²) in [5.74, 6) is 0.799. The van der Waals surface area contributed by atoms with Gasteiger partial charge in [0.2, 0.25) is 11.8 Å². The number of pyridine rings is 1. The Hall–Kier alpha value is -2.41. The molecule has 25 heavy (non-hydrogen) atoms. The quantitative estimate of drug-likeness (QED) is 0.845. The predicted molar refractivity (Wildman–Crippen MR) is 89.8 cm³/mol. The zero-order valence-corrected chi connectivity index (χ0v) is 14.1. The fourth-order valence-corrected chi connectivity index (χ4v) is 3.45. The van der Waals surface area contributed by atoms with E-state index in [1.54, 1.807) is 12.4 Å². The lowest BCUT2D eigenvalue weighted by Crippen LogP contribution is -2.42. The Labute approximate surface area is 146 Å². The molecule has 0 aliphatic carbocycles. The van der Waals surface area contributed by atoms with Crippen LogP contribution in [0.5, 0.6) is 5.88 Å². The van der Waals surface area contributed by atoms with Crippen LogP contribution in [0.25, 0.3) is 0 Å². The van der Waals surface area contributed by atoms with Gasteiger partial charge in [0, 0.05) is 37.6 Å². The van der Waals surface area contributed by atoms with Crippen molar-refractivity contribution in [3.05, 3.63) is 42.4 Å². The smallest absolute Gasteiger partial charge is 0.226 e. The van der Waals surface area contributed by atoms with Crippen LogP contribution in [0.3, 0.4) is 0 Å². The first-order valence-corrected chi connectivity index (χ1v) is 8.74. The Kier molecular flexibility index (Phi) is 4.65. The molecule has 7 nitrogen and oxygen atoms in total. The van der Waals surface area contributed by atoms with E-state index in [2.05, 4.69) is 10.1 Å². The van der Waals surface area contributed by atoms with E-state index in [0.29, 0.717) is 38.7 Å². The van der Waals surface area contributed by atoms with Gasteiger partial charge in [-0.15, -0.1) is 0 Å². The number of carbonyl (C=O) groups is 1. The fraction of sp³-hybridized carbons (Fsp3) is 0.500. The van der Waals surface area contributed by atoms with Crippen LogP contribution in [0.15, 0.2) is 36.7 Å². The molecule has 0 spiro atoms. The Morgan fingerprint density at radius 3 is 2.84 bits per heavy atom. The summed E-state index contributed by atoms with van der Waals surface area (Å²) in [4.78, 5) is 19.1. The van der Waals surface area contributed by atoms with E-state index in [1.165, 1.54) is 0 Å². The third kappa shape index (κ3) is 3.66. The first-order chi connectivity index (χ1) is 12.3. The second kappa shape index (κ2) is 7.23. The highest BCUT2D eigenvalue weighted by molar-refractivity contribution is 5.79. The van der Waals surface area contributed by atoms with Crippen LogP contribution in [0.2, 0.25) is 0 Å². The molecule has 0 aromatic carbocycles. The number of hydrogen-bond acceptors (Lipinski definition) is 5. The minimum absolute atomic E-state index is 0.0405. The van der Waals surface area contributed by atoms with E-state index in [0.717, 1.165) is 18.5 Å². The van der Waals surface area contributed by atoms with E-state index < -0.39 is 0 Å². The van der Waals surface area contributed by atoms with Gasteiger partial charge in [0.05, 0.1) is 25.3 Å². The normalized spacial score (nSPS) is 21.4. The third-order valence-corrected chi connectivity index (χ3v) is 4.77. The molecule has 2 aliphatic rings. The lowest BCUT2D eigenvalue weighted by Gasteiger charge is -2.30. The van der Waals surface area contributed by atoms with Gasteiger partial charge in [-0.05, 0) is 25.0 Å². The number of carbonyl (C=O) groups excluding carboxylic acids is 1. The molecule has 1 unspecified atom stereocenters. The minimum Gasteiger partial charge on any atom is -0.470 e. The van der Waals surface area contributed by atoms with E-state index in [9.17, 15) is 4.79 Å². The monoisotopic (exact) mass is 342 g/mol. The van der Waals surface area contributed by atoms with Gasteiger partial charge in [0.15, 0.2) is 0 Å². The molecule has 1 fully saturated rings. The van der Waals surface area contributed by atoms with Crippen LogP contribution in [-0.4, -0.2) is 51.4 Å². The topological polar surface area (TPSA) is 69.5 Å². The zero-order valence-electron chi connectivity index (χ0n) is 14.1. The number of fused-ring (bicyclic) bond motifs is 1. The fourth-order valence-electron chi connectivity index (χ4n) is 3.45. The molecule has 0 bridgehead atoms. The summed E-state index contributed by atoms with van der Waals surface area (Å²) in [7, 11) is 0. The molecule has 2 aromatic rings. The maximum absolute atomic E-state index is 13.0. The van der Waals surface area contributed by atoms with Crippen LogP contribution < -0.4 is 4.74 Å². The highest BCUT2D eigenvalue weighted by atomic mass is 16.5. The van der Waals surface area contributed by atoms with E-state index in [1.807, 2.05) is 33.8 Å². The van der Waals surface area contributed by atoms with Crippen molar-refractivity contribution in [1.82, 2.24) is 19.7 Å². The Morgan fingerprint density at radius 2 is 2.04 bits per heavy atom. The molecule has 0 radical (unpaired) electrons. The SMILES string of the molecule is O=C(C1CCOCC1)N1Cc2ccnn2CC(Oc2ccccn2)C1. The first-order valence-electron chi connectivity index (χ1n) is 8.74. The molecule has 4 heterocycles. The van der Waals surface area contributed by atoms with Crippen molar-refractivity contribution in [1.29, 1.82) is 0 Å². The average Bonchev–Trinajstić information content (AvgIpc) is 3.01. The van der Waals surface area contributed by atoms with Gasteiger partial charge >= 0.3 is 0 Å². The number of rotatable bonds is 3. The Morgan fingerprint density at radius 1 is 1.16 bits per heavy atom. The van der Waals surface area contributed by atoms with Crippen LogP contribution in [0.1, 0.15) is 18.5 Å². The van der Waals surface area contributed by atoms with Crippen molar-refractivity contribution in [2.45, 2.75) is 32.0 Å². The Balaban J connectivity index is 1.53. The second-order valence-corrected chi connectivity index (χ2v) is 6.52. The molecular formula is C18H22N4O3. The number of aromatic nitrogens is 3. The van der Waals surface area contributed by atoms with Crippen molar-refractivity contribution >= 4 is 5.91 Å². The molecule has 132 valence electrons. The van der Waals surface area contributed by atoms with Gasteiger partial charge in [-0.25, -0.2) is 4.98 Å². The van der Waals surface area contributed by atoms with E-state index >= 15 is 0 Å². The maximum Gasteiger partial charge on any atom is 0.226 e.